The molecule has 1 aromatic heterocycles. The smallest absolute Gasteiger partial charge is 0.222 e. The SMILES string of the molecule is Cc1cc(N2CCC(CC(=O)N3CCSCC3)CC2)ncn1. The van der Waals surface area contributed by atoms with Crippen molar-refractivity contribution in [3.8, 4) is 0 Å². The molecule has 0 unspecified atom stereocenters. The van der Waals surface area contributed by atoms with E-state index in [9.17, 15) is 4.79 Å². The van der Waals surface area contributed by atoms with Gasteiger partial charge in [0.05, 0.1) is 0 Å². The van der Waals surface area contributed by atoms with E-state index >= 15 is 0 Å². The van der Waals surface area contributed by atoms with Crippen LogP contribution in [-0.4, -0.2) is 58.5 Å². The molecule has 2 aliphatic heterocycles. The molecule has 22 heavy (non-hydrogen) atoms. The summed E-state index contributed by atoms with van der Waals surface area (Å²) in [5.74, 6) is 4.09. The first kappa shape index (κ1) is 15.6. The van der Waals surface area contributed by atoms with E-state index in [1.807, 2.05) is 24.8 Å². The molecule has 120 valence electrons. The van der Waals surface area contributed by atoms with Crippen molar-refractivity contribution in [3.05, 3.63) is 18.1 Å². The zero-order valence-electron chi connectivity index (χ0n) is 13.2. The molecular formula is C16H24N4OS. The minimum Gasteiger partial charge on any atom is -0.356 e. The maximum absolute atomic E-state index is 12.3. The van der Waals surface area contributed by atoms with Crippen LogP contribution in [-0.2, 0) is 4.79 Å². The van der Waals surface area contributed by atoms with Crippen molar-refractivity contribution in [2.45, 2.75) is 26.2 Å². The number of aryl methyl sites for hydroxylation is 1. The van der Waals surface area contributed by atoms with Gasteiger partial charge < -0.3 is 9.80 Å². The first-order valence-corrected chi connectivity index (χ1v) is 9.27. The van der Waals surface area contributed by atoms with Gasteiger partial charge in [-0.1, -0.05) is 0 Å². The number of amides is 1. The largest absolute Gasteiger partial charge is 0.356 e. The van der Waals surface area contributed by atoms with Crippen molar-refractivity contribution in [2.75, 3.05) is 42.6 Å². The van der Waals surface area contributed by atoms with Gasteiger partial charge in [-0.25, -0.2) is 9.97 Å². The van der Waals surface area contributed by atoms with E-state index in [1.165, 1.54) is 0 Å². The van der Waals surface area contributed by atoms with Crippen LogP contribution in [0.2, 0.25) is 0 Å². The molecule has 0 radical (unpaired) electrons. The number of carbonyl (C=O) groups excluding carboxylic acids is 1. The summed E-state index contributed by atoms with van der Waals surface area (Å²) in [5.41, 5.74) is 1.00. The normalized spacial score (nSPS) is 20.2. The van der Waals surface area contributed by atoms with Crippen LogP contribution in [0.4, 0.5) is 5.82 Å². The van der Waals surface area contributed by atoms with Gasteiger partial charge in [0.1, 0.15) is 12.1 Å². The molecule has 0 aliphatic carbocycles. The van der Waals surface area contributed by atoms with Crippen LogP contribution in [0.25, 0.3) is 0 Å². The Bertz CT molecular complexity index is 511. The topological polar surface area (TPSA) is 49.3 Å². The fourth-order valence-electron chi connectivity index (χ4n) is 3.17. The highest BCUT2D eigenvalue weighted by Gasteiger charge is 2.25. The number of aromatic nitrogens is 2. The molecule has 3 rings (SSSR count). The maximum atomic E-state index is 12.3. The Morgan fingerprint density at radius 3 is 2.64 bits per heavy atom. The number of hydrogen-bond acceptors (Lipinski definition) is 5. The number of hydrogen-bond donors (Lipinski definition) is 0. The molecule has 3 heterocycles. The fraction of sp³-hybridized carbons (Fsp3) is 0.688. The second kappa shape index (κ2) is 7.31. The summed E-state index contributed by atoms with van der Waals surface area (Å²) in [4.78, 5) is 25.2. The number of thioether (sulfide) groups is 1. The lowest BCUT2D eigenvalue weighted by atomic mass is 9.93. The lowest BCUT2D eigenvalue weighted by Crippen LogP contribution is -2.40. The highest BCUT2D eigenvalue weighted by Crippen LogP contribution is 2.25. The second-order valence-electron chi connectivity index (χ2n) is 6.15. The maximum Gasteiger partial charge on any atom is 0.222 e. The Morgan fingerprint density at radius 1 is 1.23 bits per heavy atom. The zero-order chi connectivity index (χ0) is 15.4. The van der Waals surface area contributed by atoms with Crippen molar-refractivity contribution < 1.29 is 4.79 Å². The molecule has 2 aliphatic rings. The van der Waals surface area contributed by atoms with Crippen LogP contribution in [0.15, 0.2) is 12.4 Å². The second-order valence-corrected chi connectivity index (χ2v) is 7.37. The van der Waals surface area contributed by atoms with E-state index in [1.54, 1.807) is 6.33 Å². The molecule has 0 atom stereocenters. The lowest BCUT2D eigenvalue weighted by molar-refractivity contribution is -0.132. The van der Waals surface area contributed by atoms with E-state index < -0.39 is 0 Å². The predicted octanol–water partition coefficient (Wildman–Crippen LogP) is 1.97. The number of nitrogens with zero attached hydrogens (tertiary/aromatic N) is 4. The molecular weight excluding hydrogens is 296 g/mol. The summed E-state index contributed by atoms with van der Waals surface area (Å²) in [6.07, 6.45) is 4.52. The van der Waals surface area contributed by atoms with E-state index in [0.717, 1.165) is 68.5 Å². The van der Waals surface area contributed by atoms with Crippen molar-refractivity contribution in [1.82, 2.24) is 14.9 Å². The molecule has 6 heteroatoms. The molecule has 0 spiro atoms. The predicted molar refractivity (Wildman–Crippen MR) is 90.2 cm³/mol. The molecule has 0 aromatic carbocycles. The monoisotopic (exact) mass is 320 g/mol. The van der Waals surface area contributed by atoms with Crippen molar-refractivity contribution in [3.63, 3.8) is 0 Å². The number of anilines is 1. The summed E-state index contributed by atoms with van der Waals surface area (Å²) in [7, 11) is 0. The number of piperidine rings is 1. The van der Waals surface area contributed by atoms with Crippen LogP contribution in [0.1, 0.15) is 25.0 Å². The molecule has 0 N–H and O–H groups in total. The van der Waals surface area contributed by atoms with Gasteiger partial charge in [-0.2, -0.15) is 11.8 Å². The Balaban J connectivity index is 1.48. The van der Waals surface area contributed by atoms with Crippen LogP contribution in [0.5, 0.6) is 0 Å². The molecule has 2 saturated heterocycles. The van der Waals surface area contributed by atoms with Crippen LogP contribution < -0.4 is 4.90 Å². The van der Waals surface area contributed by atoms with E-state index in [-0.39, 0.29) is 0 Å². The average molecular weight is 320 g/mol. The Morgan fingerprint density at radius 2 is 1.95 bits per heavy atom. The van der Waals surface area contributed by atoms with Gasteiger partial charge in [-0.15, -0.1) is 0 Å². The molecule has 0 bridgehead atoms. The van der Waals surface area contributed by atoms with Crippen LogP contribution in [0, 0.1) is 12.8 Å². The van der Waals surface area contributed by atoms with Crippen molar-refractivity contribution in [1.29, 1.82) is 0 Å². The molecule has 5 nitrogen and oxygen atoms in total. The van der Waals surface area contributed by atoms with E-state index in [2.05, 4.69) is 19.8 Å². The minimum atomic E-state index is 0.358. The van der Waals surface area contributed by atoms with Crippen molar-refractivity contribution in [2.24, 2.45) is 5.92 Å². The lowest BCUT2D eigenvalue weighted by Gasteiger charge is -2.34. The van der Waals surface area contributed by atoms with Crippen LogP contribution >= 0.6 is 11.8 Å². The van der Waals surface area contributed by atoms with Gasteiger partial charge in [-0.05, 0) is 25.7 Å². The van der Waals surface area contributed by atoms with Gasteiger partial charge in [0.25, 0.3) is 0 Å². The first-order chi connectivity index (χ1) is 10.7. The first-order valence-electron chi connectivity index (χ1n) is 8.11. The number of rotatable bonds is 3. The molecule has 2 fully saturated rings. The summed E-state index contributed by atoms with van der Waals surface area (Å²) in [5, 5.41) is 0. The average Bonchev–Trinajstić information content (AvgIpc) is 2.56. The minimum absolute atomic E-state index is 0.358. The third-order valence-electron chi connectivity index (χ3n) is 4.55. The van der Waals surface area contributed by atoms with Crippen molar-refractivity contribution >= 4 is 23.5 Å². The highest BCUT2D eigenvalue weighted by atomic mass is 32.2. The molecule has 1 aromatic rings. The van der Waals surface area contributed by atoms with E-state index in [4.69, 9.17) is 0 Å². The third-order valence-corrected chi connectivity index (χ3v) is 5.50. The highest BCUT2D eigenvalue weighted by molar-refractivity contribution is 7.99. The Hall–Kier alpha value is -1.30. The van der Waals surface area contributed by atoms with Gasteiger partial charge >= 0.3 is 0 Å². The van der Waals surface area contributed by atoms with Gasteiger partial charge in [0.2, 0.25) is 5.91 Å². The van der Waals surface area contributed by atoms with E-state index in [0.29, 0.717) is 11.8 Å². The number of carbonyl (C=O) groups is 1. The summed E-state index contributed by atoms with van der Waals surface area (Å²) >= 11 is 1.95. The van der Waals surface area contributed by atoms with Gasteiger partial charge in [0, 0.05) is 55.9 Å². The molecule has 1 amide bonds. The van der Waals surface area contributed by atoms with Gasteiger partial charge in [-0.3, -0.25) is 4.79 Å². The summed E-state index contributed by atoms with van der Waals surface area (Å²) in [6, 6.07) is 2.04. The Labute approximate surface area is 136 Å². The summed E-state index contributed by atoms with van der Waals surface area (Å²) in [6.45, 7) is 5.84. The van der Waals surface area contributed by atoms with Gasteiger partial charge in [0.15, 0.2) is 0 Å². The standard InChI is InChI=1S/C16H24N4OS/c1-13-10-15(18-12-17-13)19-4-2-14(3-5-19)11-16(21)20-6-8-22-9-7-20/h10,12,14H,2-9,11H2,1H3. The third kappa shape index (κ3) is 3.91. The quantitative estimate of drug-likeness (QED) is 0.852. The van der Waals surface area contributed by atoms with Crippen LogP contribution in [0.3, 0.4) is 0 Å². The zero-order valence-corrected chi connectivity index (χ0v) is 14.0. The molecule has 0 saturated carbocycles. The summed E-state index contributed by atoms with van der Waals surface area (Å²) < 4.78 is 0. The Kier molecular flexibility index (Phi) is 5.18. The fourth-order valence-corrected chi connectivity index (χ4v) is 4.07.